The molecule has 3 aromatic rings. The van der Waals surface area contributed by atoms with Crippen LogP contribution >= 0.6 is 46.3 Å². The third-order valence-corrected chi connectivity index (χ3v) is 8.60. The van der Waals surface area contributed by atoms with E-state index in [0.29, 0.717) is 16.9 Å². The van der Waals surface area contributed by atoms with Crippen molar-refractivity contribution in [3.63, 3.8) is 0 Å². The van der Waals surface area contributed by atoms with Crippen LogP contribution in [0.4, 0.5) is 18.9 Å². The van der Waals surface area contributed by atoms with E-state index in [-0.39, 0.29) is 29.9 Å². The van der Waals surface area contributed by atoms with Gasteiger partial charge in [-0.25, -0.2) is 13.4 Å². The maximum atomic E-state index is 13.5. The minimum atomic E-state index is -4.90. The summed E-state index contributed by atoms with van der Waals surface area (Å²) in [6.07, 6.45) is -0.962. The molecule has 1 aliphatic rings. The van der Waals surface area contributed by atoms with E-state index in [2.05, 4.69) is 15.3 Å². The van der Waals surface area contributed by atoms with Crippen molar-refractivity contribution in [2.24, 2.45) is 0 Å². The Morgan fingerprint density at radius 3 is 2.50 bits per heavy atom. The zero-order valence-electron chi connectivity index (χ0n) is 15.3. The standard InChI is InChI=1S/C18H8Cl2F3N3O3S3/c19-10-6-24-7-11(20)13(10)30-17-26-15(18(21,22)23)14(31-17)16(27)25-9-2-1-8-3-4-32(28,29)12(8)5-9/h1-7H,(H,25,27). The van der Waals surface area contributed by atoms with Gasteiger partial charge in [0.25, 0.3) is 5.91 Å². The molecule has 0 unspecified atom stereocenters. The number of alkyl halides is 3. The van der Waals surface area contributed by atoms with E-state index in [9.17, 15) is 26.4 Å². The Bertz CT molecular complexity index is 1370. The predicted octanol–water partition coefficient (Wildman–Crippen LogP) is 6.03. The van der Waals surface area contributed by atoms with Gasteiger partial charge in [0.2, 0.25) is 9.84 Å². The number of benzene rings is 1. The van der Waals surface area contributed by atoms with E-state index >= 15 is 0 Å². The summed E-state index contributed by atoms with van der Waals surface area (Å²) >= 11 is 13.3. The van der Waals surface area contributed by atoms with Gasteiger partial charge in [-0.3, -0.25) is 9.78 Å². The molecule has 32 heavy (non-hydrogen) atoms. The molecule has 3 heterocycles. The number of thiazole rings is 1. The minimum Gasteiger partial charge on any atom is -0.321 e. The lowest BCUT2D eigenvalue weighted by Gasteiger charge is -2.08. The van der Waals surface area contributed by atoms with Gasteiger partial charge in [-0.2, -0.15) is 13.2 Å². The molecule has 1 aromatic carbocycles. The van der Waals surface area contributed by atoms with Crippen molar-refractivity contribution in [3.05, 3.63) is 62.2 Å². The van der Waals surface area contributed by atoms with Gasteiger partial charge in [-0.1, -0.05) is 41.0 Å². The van der Waals surface area contributed by atoms with Crippen LogP contribution in [0.1, 0.15) is 20.9 Å². The number of hydrogen-bond acceptors (Lipinski definition) is 7. The molecule has 0 atom stereocenters. The molecule has 0 aliphatic carbocycles. The van der Waals surface area contributed by atoms with Gasteiger partial charge >= 0.3 is 6.18 Å². The molecule has 1 aliphatic heterocycles. The fraction of sp³-hybridized carbons (Fsp3) is 0.0556. The first-order chi connectivity index (χ1) is 15.0. The van der Waals surface area contributed by atoms with E-state index in [0.717, 1.165) is 17.2 Å². The molecule has 0 radical (unpaired) electrons. The highest BCUT2D eigenvalue weighted by atomic mass is 35.5. The summed E-state index contributed by atoms with van der Waals surface area (Å²) in [6.45, 7) is 0. The Morgan fingerprint density at radius 1 is 1.16 bits per heavy atom. The van der Waals surface area contributed by atoms with Gasteiger partial charge in [-0.15, -0.1) is 11.3 Å². The molecule has 1 N–H and O–H groups in total. The SMILES string of the molecule is O=C(Nc1ccc2c(c1)S(=O)(=O)C=C2)c1sc(Sc2c(Cl)cncc2Cl)nc1C(F)(F)F. The van der Waals surface area contributed by atoms with Crippen LogP contribution in [-0.4, -0.2) is 24.3 Å². The third kappa shape index (κ3) is 4.50. The number of rotatable bonds is 4. The highest BCUT2D eigenvalue weighted by Gasteiger charge is 2.40. The first kappa shape index (κ1) is 23.1. The van der Waals surface area contributed by atoms with Gasteiger partial charge < -0.3 is 5.32 Å². The lowest BCUT2D eigenvalue weighted by molar-refractivity contribution is -0.141. The molecule has 2 aromatic heterocycles. The average molecular weight is 538 g/mol. The summed E-state index contributed by atoms with van der Waals surface area (Å²) in [6, 6.07) is 4.02. The molecule has 4 rings (SSSR count). The van der Waals surface area contributed by atoms with E-state index in [1.165, 1.54) is 36.7 Å². The lowest BCUT2D eigenvalue weighted by atomic mass is 10.2. The van der Waals surface area contributed by atoms with Crippen molar-refractivity contribution in [1.29, 1.82) is 0 Å². The Hall–Kier alpha value is -2.12. The van der Waals surface area contributed by atoms with Crippen molar-refractivity contribution >= 4 is 73.8 Å². The van der Waals surface area contributed by atoms with Crippen molar-refractivity contribution in [3.8, 4) is 0 Å². The Kier molecular flexibility index (Phi) is 6.01. The van der Waals surface area contributed by atoms with Gasteiger partial charge in [0, 0.05) is 23.5 Å². The fourth-order valence-electron chi connectivity index (χ4n) is 2.69. The molecule has 166 valence electrons. The summed E-state index contributed by atoms with van der Waals surface area (Å²) in [5.74, 6) is -1.09. The molecule has 0 spiro atoms. The number of anilines is 1. The quantitative estimate of drug-likeness (QED) is 0.437. The van der Waals surface area contributed by atoms with Gasteiger partial charge in [-0.05, 0) is 23.8 Å². The van der Waals surface area contributed by atoms with Crippen LogP contribution in [0.25, 0.3) is 6.08 Å². The van der Waals surface area contributed by atoms with Gasteiger partial charge in [0.15, 0.2) is 10.0 Å². The molecule has 0 fully saturated rings. The number of halogens is 5. The molecular formula is C18H8Cl2F3N3O3S3. The van der Waals surface area contributed by atoms with E-state index in [4.69, 9.17) is 23.2 Å². The summed E-state index contributed by atoms with van der Waals surface area (Å²) in [7, 11) is -3.65. The second-order valence-electron chi connectivity index (χ2n) is 6.24. The van der Waals surface area contributed by atoms with E-state index < -0.39 is 32.5 Å². The number of nitrogens with zero attached hydrogens (tertiary/aromatic N) is 2. The normalized spacial score (nSPS) is 14.4. The van der Waals surface area contributed by atoms with Crippen LogP contribution < -0.4 is 5.32 Å². The number of amides is 1. The second kappa shape index (κ2) is 8.34. The second-order valence-corrected chi connectivity index (χ2v) is 11.1. The minimum absolute atomic E-state index is 0.0250. The Labute approximate surface area is 197 Å². The fourth-order valence-corrected chi connectivity index (χ4v) is 6.51. The molecular weight excluding hydrogens is 530 g/mol. The zero-order valence-corrected chi connectivity index (χ0v) is 19.2. The molecule has 0 saturated heterocycles. The number of sulfone groups is 1. The number of aromatic nitrogens is 2. The smallest absolute Gasteiger partial charge is 0.321 e. The van der Waals surface area contributed by atoms with Crippen molar-refractivity contribution in [1.82, 2.24) is 9.97 Å². The monoisotopic (exact) mass is 537 g/mol. The van der Waals surface area contributed by atoms with E-state index in [1.807, 2.05) is 0 Å². The van der Waals surface area contributed by atoms with E-state index in [1.54, 1.807) is 0 Å². The summed E-state index contributed by atoms with van der Waals surface area (Å²) < 4.78 is 64.5. The van der Waals surface area contributed by atoms with Crippen molar-refractivity contribution in [2.75, 3.05) is 5.32 Å². The summed E-state index contributed by atoms with van der Waals surface area (Å²) in [5.41, 5.74) is -0.933. The van der Waals surface area contributed by atoms with Crippen LogP contribution in [0, 0.1) is 0 Å². The maximum Gasteiger partial charge on any atom is 0.435 e. The summed E-state index contributed by atoms with van der Waals surface area (Å²) in [5, 5.41) is 3.54. The highest BCUT2D eigenvalue weighted by Crippen LogP contribution is 2.43. The third-order valence-electron chi connectivity index (χ3n) is 4.09. The topological polar surface area (TPSA) is 89.0 Å². The number of carbonyl (C=O) groups excluding carboxylic acids is 1. The highest BCUT2D eigenvalue weighted by molar-refractivity contribution is 8.01. The number of fused-ring (bicyclic) bond motifs is 1. The average Bonchev–Trinajstić information content (AvgIpc) is 3.26. The van der Waals surface area contributed by atoms with Crippen molar-refractivity contribution < 1.29 is 26.4 Å². The zero-order chi connectivity index (χ0) is 23.3. The first-order valence-corrected chi connectivity index (χ1v) is 12.3. The number of carbonyl (C=O) groups is 1. The molecule has 1 amide bonds. The largest absolute Gasteiger partial charge is 0.435 e. The number of pyridine rings is 1. The van der Waals surface area contributed by atoms with Crippen LogP contribution in [0.5, 0.6) is 0 Å². The predicted molar refractivity (Wildman–Crippen MR) is 116 cm³/mol. The van der Waals surface area contributed by atoms with Crippen LogP contribution in [0.2, 0.25) is 10.0 Å². The molecule has 14 heteroatoms. The molecule has 0 bridgehead atoms. The Balaban J connectivity index is 1.66. The first-order valence-electron chi connectivity index (χ1n) is 8.39. The molecule has 0 saturated carbocycles. The van der Waals surface area contributed by atoms with Crippen LogP contribution in [0.3, 0.4) is 0 Å². The summed E-state index contributed by atoms with van der Waals surface area (Å²) in [4.78, 5) is 19.5. The number of nitrogens with one attached hydrogen (secondary N) is 1. The molecule has 6 nitrogen and oxygen atoms in total. The van der Waals surface area contributed by atoms with Gasteiger partial charge in [0.05, 0.1) is 19.8 Å². The maximum absolute atomic E-state index is 13.5. The van der Waals surface area contributed by atoms with Crippen LogP contribution in [0.15, 0.2) is 50.1 Å². The lowest BCUT2D eigenvalue weighted by Crippen LogP contribution is -2.17. The number of hydrogen-bond donors (Lipinski definition) is 1. The van der Waals surface area contributed by atoms with Gasteiger partial charge in [0.1, 0.15) is 4.88 Å². The van der Waals surface area contributed by atoms with Crippen molar-refractivity contribution in [2.45, 2.75) is 20.3 Å². The Morgan fingerprint density at radius 2 is 1.84 bits per heavy atom. The van der Waals surface area contributed by atoms with Crippen LogP contribution in [-0.2, 0) is 16.0 Å².